The van der Waals surface area contributed by atoms with Crippen LogP contribution in [0.5, 0.6) is 0 Å². The fourth-order valence-corrected chi connectivity index (χ4v) is 0.792. The summed E-state index contributed by atoms with van der Waals surface area (Å²) >= 11 is 0. The Morgan fingerprint density at radius 2 is 2.46 bits per heavy atom. The lowest BCUT2D eigenvalue weighted by molar-refractivity contribution is -0.392. The zero-order valence-electron chi connectivity index (χ0n) is 10.3. The van der Waals surface area contributed by atoms with Gasteiger partial charge in [-0.1, -0.05) is 0 Å². The van der Waals surface area contributed by atoms with E-state index in [1.54, 1.807) is 0 Å². The predicted molar refractivity (Wildman–Crippen MR) is 41.9 cm³/mol. The van der Waals surface area contributed by atoms with Crippen LogP contribution in [0.1, 0.15) is 11.3 Å². The molecule has 0 aliphatic heterocycles. The van der Waals surface area contributed by atoms with E-state index in [-0.39, 0.29) is 4.57 Å². The average molecular weight is 191 g/mol. The van der Waals surface area contributed by atoms with Crippen molar-refractivity contribution in [2.45, 2.75) is 13.1 Å². The highest BCUT2D eigenvalue weighted by atomic mass is 16.6. The van der Waals surface area contributed by atoms with E-state index in [0.29, 0.717) is 6.20 Å². The van der Waals surface area contributed by atoms with Crippen molar-refractivity contribution in [2.75, 3.05) is 6.56 Å². The first-order chi connectivity index (χ1) is 7.63. The monoisotopic (exact) mass is 191 g/mol. The molecular weight excluding hydrogens is 178 g/mol. The minimum Gasteiger partial charge on any atom is -0.392 e. The maximum atomic E-state index is 10.6. The summed E-state index contributed by atoms with van der Waals surface area (Å²) in [5.74, 6) is -1.32. The van der Waals surface area contributed by atoms with E-state index in [4.69, 9.17) is 15.7 Å². The molecule has 0 aliphatic rings. The van der Waals surface area contributed by atoms with Crippen LogP contribution in [0.25, 0.3) is 0 Å². The molecular formula is C6H9N3O4. The van der Waals surface area contributed by atoms with Crippen molar-refractivity contribution < 1.29 is 20.6 Å². The van der Waals surface area contributed by atoms with Gasteiger partial charge in [-0.15, -0.1) is 0 Å². The molecule has 1 aromatic heterocycles. The number of aromatic nitrogens is 2. The number of hydrogen-bond acceptors (Lipinski definition) is 5. The van der Waals surface area contributed by atoms with Crippen molar-refractivity contribution in [2.24, 2.45) is 0 Å². The van der Waals surface area contributed by atoms with Gasteiger partial charge in [-0.2, -0.15) is 0 Å². The fraction of sp³-hybridized carbons (Fsp3) is 0.500. The van der Waals surface area contributed by atoms with E-state index in [0.717, 1.165) is 0 Å². The summed E-state index contributed by atoms with van der Waals surface area (Å²) in [6.45, 7) is -7.34. The number of nitro groups is 1. The van der Waals surface area contributed by atoms with Crippen LogP contribution < -0.4 is 0 Å². The number of nitrogens with zero attached hydrogens (tertiary/aromatic N) is 3. The minimum absolute atomic E-state index is 0.215. The summed E-state index contributed by atoms with van der Waals surface area (Å²) < 4.78 is 28.8. The van der Waals surface area contributed by atoms with Crippen molar-refractivity contribution in [1.29, 1.82) is 0 Å². The zero-order chi connectivity index (χ0) is 13.4. The lowest BCUT2D eigenvalue weighted by atomic mass is 10.5. The van der Waals surface area contributed by atoms with Gasteiger partial charge in [-0.25, -0.2) is 9.55 Å². The SMILES string of the molecule is [2H]C([2H])(O)C([2H])([2H])n1c([N+](=O)[O-])cnc1CO. The Kier molecular flexibility index (Phi) is 1.62. The highest BCUT2D eigenvalue weighted by Gasteiger charge is 2.18. The molecule has 1 rings (SSSR count). The minimum atomic E-state index is -3.37. The Bertz CT molecular complexity index is 441. The van der Waals surface area contributed by atoms with Crippen LogP contribution >= 0.6 is 0 Å². The van der Waals surface area contributed by atoms with E-state index < -0.39 is 36.2 Å². The summed E-state index contributed by atoms with van der Waals surface area (Å²) in [6, 6.07) is 0. The van der Waals surface area contributed by atoms with Crippen LogP contribution in [-0.4, -0.2) is 31.2 Å². The van der Waals surface area contributed by atoms with Crippen LogP contribution in [0, 0.1) is 10.1 Å². The molecule has 0 saturated heterocycles. The average Bonchev–Trinajstić information content (AvgIpc) is 2.59. The summed E-state index contributed by atoms with van der Waals surface area (Å²) in [5, 5.41) is 28.5. The molecule has 0 aliphatic carbocycles. The molecule has 13 heavy (non-hydrogen) atoms. The fourth-order valence-electron chi connectivity index (χ4n) is 0.792. The van der Waals surface area contributed by atoms with Crippen LogP contribution in [0.2, 0.25) is 0 Å². The number of aliphatic hydroxyl groups excluding tert-OH is 1. The number of rotatable bonds is 4. The van der Waals surface area contributed by atoms with E-state index in [9.17, 15) is 10.1 Å². The van der Waals surface area contributed by atoms with Crippen LogP contribution in [-0.2, 0) is 13.1 Å². The van der Waals surface area contributed by atoms with E-state index in [1.165, 1.54) is 0 Å². The number of aliphatic hydroxyl groups is 2. The molecule has 0 amide bonds. The third kappa shape index (κ3) is 1.82. The highest BCUT2D eigenvalue weighted by Crippen LogP contribution is 2.13. The molecule has 0 saturated carbocycles. The normalized spacial score (nSPS) is 17.1. The van der Waals surface area contributed by atoms with Gasteiger partial charge in [0.25, 0.3) is 0 Å². The van der Waals surface area contributed by atoms with Gasteiger partial charge in [0, 0.05) is 0 Å². The Balaban J connectivity index is 3.47. The van der Waals surface area contributed by atoms with Gasteiger partial charge in [-0.05, 0) is 4.92 Å². The molecule has 0 atom stereocenters. The Morgan fingerprint density at radius 3 is 2.92 bits per heavy atom. The topological polar surface area (TPSA) is 101 Å². The summed E-state index contributed by atoms with van der Waals surface area (Å²) in [7, 11) is 0. The summed E-state index contributed by atoms with van der Waals surface area (Å²) in [5.41, 5.74) is 0. The van der Waals surface area contributed by atoms with Gasteiger partial charge >= 0.3 is 5.82 Å². The lowest BCUT2D eigenvalue weighted by Gasteiger charge is -1.99. The third-order valence-corrected chi connectivity index (χ3v) is 1.31. The van der Waals surface area contributed by atoms with Crippen molar-refractivity contribution >= 4 is 5.82 Å². The molecule has 72 valence electrons. The first-order valence-electron chi connectivity index (χ1n) is 5.17. The van der Waals surface area contributed by atoms with Crippen molar-refractivity contribution in [3.63, 3.8) is 0 Å². The molecule has 0 bridgehead atoms. The second-order valence-corrected chi connectivity index (χ2v) is 2.01. The van der Waals surface area contributed by atoms with E-state index in [2.05, 4.69) is 4.98 Å². The molecule has 2 N–H and O–H groups in total. The van der Waals surface area contributed by atoms with E-state index >= 15 is 0 Å². The van der Waals surface area contributed by atoms with Gasteiger partial charge < -0.3 is 20.3 Å². The van der Waals surface area contributed by atoms with Crippen LogP contribution in [0.4, 0.5) is 5.82 Å². The maximum absolute atomic E-state index is 10.6. The molecule has 0 fully saturated rings. The number of imidazole rings is 1. The predicted octanol–water partition coefficient (Wildman–Crippen LogP) is -0.724. The van der Waals surface area contributed by atoms with Gasteiger partial charge in [0.05, 0.1) is 12.0 Å². The lowest BCUT2D eigenvalue weighted by Crippen LogP contribution is -2.09. The van der Waals surface area contributed by atoms with Gasteiger partial charge in [0.15, 0.2) is 0 Å². The molecule has 0 unspecified atom stereocenters. The highest BCUT2D eigenvalue weighted by molar-refractivity contribution is 5.18. The third-order valence-electron chi connectivity index (χ3n) is 1.31. The zero-order valence-corrected chi connectivity index (χ0v) is 6.34. The second-order valence-electron chi connectivity index (χ2n) is 2.01. The molecule has 0 radical (unpaired) electrons. The first-order valence-corrected chi connectivity index (χ1v) is 3.17. The van der Waals surface area contributed by atoms with Gasteiger partial charge in [0.2, 0.25) is 5.82 Å². The molecule has 1 aromatic rings. The largest absolute Gasteiger partial charge is 0.392 e. The molecule has 7 nitrogen and oxygen atoms in total. The molecule has 7 heteroatoms. The Labute approximate surface area is 79.0 Å². The van der Waals surface area contributed by atoms with Gasteiger partial charge in [0.1, 0.15) is 19.3 Å². The molecule has 0 spiro atoms. The number of hydrogen-bond donors (Lipinski definition) is 2. The quantitative estimate of drug-likeness (QED) is 0.483. The molecule has 0 aromatic carbocycles. The Hall–Kier alpha value is -1.47. The van der Waals surface area contributed by atoms with Crippen molar-refractivity contribution in [3.05, 3.63) is 22.1 Å². The second kappa shape index (κ2) is 3.97. The molecule has 1 heterocycles. The first kappa shape index (κ1) is 5.30. The Morgan fingerprint density at radius 1 is 1.77 bits per heavy atom. The van der Waals surface area contributed by atoms with E-state index in [1.807, 2.05) is 0 Å². The maximum Gasteiger partial charge on any atom is 0.343 e. The van der Waals surface area contributed by atoms with Gasteiger partial charge in [-0.3, -0.25) is 0 Å². The van der Waals surface area contributed by atoms with Crippen molar-refractivity contribution in [3.8, 4) is 0 Å². The van der Waals surface area contributed by atoms with Crippen LogP contribution in [0.15, 0.2) is 6.20 Å². The summed E-state index contributed by atoms with van der Waals surface area (Å²) in [6.07, 6.45) is 0.676. The summed E-state index contributed by atoms with van der Waals surface area (Å²) in [4.78, 5) is 13.0. The smallest absolute Gasteiger partial charge is 0.343 e. The standard InChI is InChI=1S/C6H9N3O4/c10-2-1-8-5(4-11)7-3-6(8)9(12)13/h3,10-11H,1-2,4H2/i1D2,2D2. The van der Waals surface area contributed by atoms with Crippen molar-refractivity contribution in [1.82, 2.24) is 9.55 Å². The van der Waals surface area contributed by atoms with Crippen LogP contribution in [0.3, 0.4) is 0 Å².